The number of esters is 1. The van der Waals surface area contributed by atoms with E-state index in [-0.39, 0.29) is 11.4 Å². The van der Waals surface area contributed by atoms with Crippen molar-refractivity contribution in [3.63, 3.8) is 0 Å². The van der Waals surface area contributed by atoms with Crippen molar-refractivity contribution < 1.29 is 24.0 Å². The zero-order valence-corrected chi connectivity index (χ0v) is 16.3. The summed E-state index contributed by atoms with van der Waals surface area (Å²) in [5.41, 5.74) is 0.261. The van der Waals surface area contributed by atoms with E-state index in [2.05, 4.69) is 10.6 Å². The van der Waals surface area contributed by atoms with Gasteiger partial charge in [-0.15, -0.1) is 11.8 Å². The van der Waals surface area contributed by atoms with E-state index in [0.29, 0.717) is 17.0 Å². The van der Waals surface area contributed by atoms with E-state index in [9.17, 15) is 24.5 Å². The Morgan fingerprint density at radius 2 is 1.76 bits per heavy atom. The second kappa shape index (κ2) is 10.8. The van der Waals surface area contributed by atoms with E-state index in [1.165, 1.54) is 18.2 Å². The Hall–Kier alpha value is -3.40. The summed E-state index contributed by atoms with van der Waals surface area (Å²) >= 11 is 0.927. The summed E-state index contributed by atoms with van der Waals surface area (Å²) in [5.74, 6) is -1.80. The largest absolute Gasteiger partial charge is 0.447 e. The highest BCUT2D eigenvalue weighted by atomic mass is 32.2. The van der Waals surface area contributed by atoms with E-state index < -0.39 is 28.9 Å². The summed E-state index contributed by atoms with van der Waals surface area (Å²) in [7, 11) is 0. The highest BCUT2D eigenvalue weighted by Gasteiger charge is 2.27. The number of nitro groups is 1. The third-order valence-electron chi connectivity index (χ3n) is 3.57. The van der Waals surface area contributed by atoms with Gasteiger partial charge in [0.1, 0.15) is 0 Å². The lowest BCUT2D eigenvalue weighted by Crippen LogP contribution is -2.42. The molecule has 2 aromatic rings. The summed E-state index contributed by atoms with van der Waals surface area (Å²) in [6, 6.07) is 13.5. The number of hydrogen-bond acceptors (Lipinski definition) is 7. The maximum absolute atomic E-state index is 12.4. The predicted octanol–water partition coefficient (Wildman–Crippen LogP) is 2.82. The molecule has 0 saturated carbocycles. The normalized spacial score (nSPS) is 11.2. The molecule has 2 rings (SSSR count). The summed E-state index contributed by atoms with van der Waals surface area (Å²) in [4.78, 5) is 47.2. The SMILES string of the molecule is CCNC(=O)NC(=O)[C@@H](OC(=O)CSc1ccccc1[N+](=O)[O-])c1ccccc1. The quantitative estimate of drug-likeness (QED) is 0.292. The van der Waals surface area contributed by atoms with Crippen LogP contribution in [-0.4, -0.2) is 35.1 Å². The van der Waals surface area contributed by atoms with Gasteiger partial charge in [0.15, 0.2) is 0 Å². The molecule has 0 unspecified atom stereocenters. The number of amides is 3. The number of nitrogens with one attached hydrogen (secondary N) is 2. The standard InChI is InChI=1S/C19H19N3O6S/c1-2-20-19(25)21-18(24)17(13-8-4-3-5-9-13)28-16(23)12-29-15-11-7-6-10-14(15)22(26)27/h3-11,17H,2,12H2,1H3,(H2,20,21,24,25)/t17-/m0/s1. The molecule has 3 amide bonds. The first-order valence-electron chi connectivity index (χ1n) is 8.61. The van der Waals surface area contributed by atoms with Crippen LogP contribution in [0.2, 0.25) is 0 Å². The highest BCUT2D eigenvalue weighted by Crippen LogP contribution is 2.29. The van der Waals surface area contributed by atoms with Crippen molar-refractivity contribution >= 4 is 35.4 Å². The van der Waals surface area contributed by atoms with E-state index in [1.54, 1.807) is 43.3 Å². The van der Waals surface area contributed by atoms with Crippen molar-refractivity contribution in [3.05, 3.63) is 70.3 Å². The minimum absolute atomic E-state index is 0.126. The topological polar surface area (TPSA) is 128 Å². The number of rotatable bonds is 8. The Labute approximate surface area is 171 Å². The Morgan fingerprint density at radius 3 is 2.41 bits per heavy atom. The lowest BCUT2D eigenvalue weighted by molar-refractivity contribution is -0.387. The molecule has 0 radical (unpaired) electrons. The monoisotopic (exact) mass is 417 g/mol. The molecule has 2 N–H and O–H groups in total. The summed E-state index contributed by atoms with van der Waals surface area (Å²) in [6.07, 6.45) is -1.34. The van der Waals surface area contributed by atoms with Crippen molar-refractivity contribution in [2.24, 2.45) is 0 Å². The number of ether oxygens (including phenoxy) is 1. The van der Waals surface area contributed by atoms with Gasteiger partial charge in [0.25, 0.3) is 11.6 Å². The predicted molar refractivity (Wildman–Crippen MR) is 106 cm³/mol. The number of carbonyl (C=O) groups is 3. The van der Waals surface area contributed by atoms with Crippen LogP contribution < -0.4 is 10.6 Å². The molecule has 0 aliphatic heterocycles. The van der Waals surface area contributed by atoms with Crippen molar-refractivity contribution in [3.8, 4) is 0 Å². The summed E-state index contributed by atoms with van der Waals surface area (Å²) < 4.78 is 5.28. The fraction of sp³-hybridized carbons (Fsp3) is 0.211. The number of carbonyl (C=O) groups excluding carboxylic acids is 3. The van der Waals surface area contributed by atoms with E-state index >= 15 is 0 Å². The van der Waals surface area contributed by atoms with Crippen LogP contribution in [0.15, 0.2) is 59.5 Å². The molecule has 2 aromatic carbocycles. The number of para-hydroxylation sites is 1. The second-order valence-electron chi connectivity index (χ2n) is 5.64. The van der Waals surface area contributed by atoms with Gasteiger partial charge < -0.3 is 10.1 Å². The lowest BCUT2D eigenvalue weighted by Gasteiger charge is -2.17. The summed E-state index contributed by atoms with van der Waals surface area (Å²) in [6.45, 7) is 2.01. The van der Waals surface area contributed by atoms with Gasteiger partial charge in [-0.25, -0.2) is 4.79 Å². The van der Waals surface area contributed by atoms with Crippen molar-refractivity contribution in [2.45, 2.75) is 17.9 Å². The van der Waals surface area contributed by atoms with E-state index in [1.807, 2.05) is 0 Å². The third kappa shape index (κ3) is 6.61. The molecule has 0 heterocycles. The molecular weight excluding hydrogens is 398 g/mol. The van der Waals surface area contributed by atoms with E-state index in [0.717, 1.165) is 11.8 Å². The molecule has 0 fully saturated rings. The molecule has 0 bridgehead atoms. The Morgan fingerprint density at radius 1 is 1.10 bits per heavy atom. The Bertz CT molecular complexity index is 891. The fourth-order valence-electron chi connectivity index (χ4n) is 2.32. The van der Waals surface area contributed by atoms with Crippen LogP contribution in [0.1, 0.15) is 18.6 Å². The number of nitro benzene ring substituents is 1. The molecule has 0 aliphatic rings. The molecule has 0 saturated heterocycles. The smallest absolute Gasteiger partial charge is 0.321 e. The van der Waals surface area contributed by atoms with Crippen LogP contribution in [0.25, 0.3) is 0 Å². The van der Waals surface area contributed by atoms with Gasteiger partial charge in [-0.3, -0.25) is 25.0 Å². The number of nitrogens with zero attached hydrogens (tertiary/aromatic N) is 1. The number of hydrogen-bond donors (Lipinski definition) is 2. The maximum atomic E-state index is 12.4. The van der Waals surface area contributed by atoms with Gasteiger partial charge in [0.2, 0.25) is 6.10 Å². The van der Waals surface area contributed by atoms with Gasteiger partial charge in [-0.1, -0.05) is 42.5 Å². The van der Waals surface area contributed by atoms with Crippen molar-refractivity contribution in [2.75, 3.05) is 12.3 Å². The second-order valence-corrected chi connectivity index (χ2v) is 6.66. The first-order valence-corrected chi connectivity index (χ1v) is 9.60. The average Bonchev–Trinajstić information content (AvgIpc) is 2.71. The molecule has 0 aromatic heterocycles. The molecular formula is C19H19N3O6S. The van der Waals surface area contributed by atoms with Gasteiger partial charge in [-0.2, -0.15) is 0 Å². The number of imide groups is 1. The molecule has 29 heavy (non-hydrogen) atoms. The lowest BCUT2D eigenvalue weighted by atomic mass is 10.1. The minimum atomic E-state index is -1.34. The molecule has 10 heteroatoms. The molecule has 0 spiro atoms. The van der Waals surface area contributed by atoms with Crippen molar-refractivity contribution in [1.82, 2.24) is 10.6 Å². The minimum Gasteiger partial charge on any atom is -0.447 e. The zero-order valence-electron chi connectivity index (χ0n) is 15.5. The van der Waals surface area contributed by atoms with Gasteiger partial charge >= 0.3 is 12.0 Å². The zero-order chi connectivity index (χ0) is 21.2. The summed E-state index contributed by atoms with van der Waals surface area (Å²) in [5, 5.41) is 15.6. The van der Waals surface area contributed by atoms with E-state index in [4.69, 9.17) is 4.74 Å². The van der Waals surface area contributed by atoms with Gasteiger partial charge in [-0.05, 0) is 13.0 Å². The number of thioether (sulfide) groups is 1. The van der Waals surface area contributed by atoms with Gasteiger partial charge in [0.05, 0.1) is 15.6 Å². The number of urea groups is 1. The highest BCUT2D eigenvalue weighted by molar-refractivity contribution is 8.00. The van der Waals surface area contributed by atoms with Crippen LogP contribution in [0, 0.1) is 10.1 Å². The van der Waals surface area contributed by atoms with Gasteiger partial charge in [0, 0.05) is 18.2 Å². The Balaban J connectivity index is 2.08. The van der Waals surface area contributed by atoms with Crippen LogP contribution in [-0.2, 0) is 14.3 Å². The number of benzene rings is 2. The third-order valence-corrected chi connectivity index (χ3v) is 4.61. The first-order chi connectivity index (χ1) is 13.9. The van der Waals surface area contributed by atoms with Crippen LogP contribution in [0.4, 0.5) is 10.5 Å². The Kier molecular flexibility index (Phi) is 8.16. The average molecular weight is 417 g/mol. The molecule has 0 aliphatic carbocycles. The molecule has 1 atom stereocenters. The van der Waals surface area contributed by atoms with Crippen LogP contribution >= 0.6 is 11.8 Å². The first kappa shape index (κ1) is 21.9. The molecule has 9 nitrogen and oxygen atoms in total. The van der Waals surface area contributed by atoms with Crippen LogP contribution in [0.3, 0.4) is 0 Å². The fourth-order valence-corrected chi connectivity index (χ4v) is 3.12. The van der Waals surface area contributed by atoms with Crippen LogP contribution in [0.5, 0.6) is 0 Å². The van der Waals surface area contributed by atoms with Crippen molar-refractivity contribution in [1.29, 1.82) is 0 Å². The maximum Gasteiger partial charge on any atom is 0.321 e. The molecule has 152 valence electrons.